The molecule has 0 saturated carbocycles. The lowest BCUT2D eigenvalue weighted by Crippen LogP contribution is -2.49. The Labute approximate surface area is 235 Å². The Morgan fingerprint density at radius 3 is 2.59 bits per heavy atom. The molecular formula is C30H29F2N5O4. The molecule has 2 heterocycles. The first-order valence-corrected chi connectivity index (χ1v) is 13.1. The summed E-state index contributed by atoms with van der Waals surface area (Å²) in [6, 6.07) is 20.6. The van der Waals surface area contributed by atoms with Crippen LogP contribution < -0.4 is 15.4 Å². The van der Waals surface area contributed by atoms with Gasteiger partial charge in [-0.2, -0.15) is 13.9 Å². The van der Waals surface area contributed by atoms with E-state index in [1.165, 1.54) is 4.90 Å². The van der Waals surface area contributed by atoms with Crippen LogP contribution in [0, 0.1) is 0 Å². The van der Waals surface area contributed by atoms with E-state index in [1.54, 1.807) is 72.4 Å². The van der Waals surface area contributed by atoms with Gasteiger partial charge in [-0.1, -0.05) is 36.4 Å². The number of halogens is 2. The van der Waals surface area contributed by atoms with Crippen molar-refractivity contribution in [3.63, 3.8) is 0 Å². The summed E-state index contributed by atoms with van der Waals surface area (Å²) < 4.78 is 35.1. The number of alkyl halides is 2. The summed E-state index contributed by atoms with van der Waals surface area (Å²) in [5.74, 6) is -4.86. The second-order valence-electron chi connectivity index (χ2n) is 10.0. The zero-order chi connectivity index (χ0) is 29.1. The van der Waals surface area contributed by atoms with Crippen molar-refractivity contribution in [2.45, 2.75) is 31.9 Å². The summed E-state index contributed by atoms with van der Waals surface area (Å²) in [5.41, 5.74) is 2.57. The number of hydrogen-bond donors (Lipinski definition) is 2. The predicted octanol–water partition coefficient (Wildman–Crippen LogP) is 3.88. The highest BCUT2D eigenvalue weighted by Crippen LogP contribution is 2.29. The molecule has 212 valence electrons. The Bertz CT molecular complexity index is 1580. The minimum Gasteiger partial charge on any atom is -0.484 e. The second kappa shape index (κ2) is 11.4. The number of nitrogens with one attached hydrogen (secondary N) is 2. The number of ether oxygens (including phenoxy) is 1. The molecule has 0 bridgehead atoms. The van der Waals surface area contributed by atoms with Gasteiger partial charge in [-0.3, -0.25) is 14.4 Å². The maximum absolute atomic E-state index is 13.6. The van der Waals surface area contributed by atoms with Crippen LogP contribution in [0.4, 0.5) is 8.78 Å². The maximum atomic E-state index is 13.6. The van der Waals surface area contributed by atoms with Gasteiger partial charge in [-0.05, 0) is 48.9 Å². The van der Waals surface area contributed by atoms with Crippen LogP contribution in [0.5, 0.6) is 5.75 Å². The molecule has 9 nitrogen and oxygen atoms in total. The lowest BCUT2D eigenvalue weighted by atomic mass is 10.0. The van der Waals surface area contributed by atoms with Gasteiger partial charge in [0, 0.05) is 31.0 Å². The molecule has 1 unspecified atom stereocenters. The maximum Gasteiger partial charge on any atom is 0.321 e. The van der Waals surface area contributed by atoms with Gasteiger partial charge < -0.3 is 20.3 Å². The van der Waals surface area contributed by atoms with Crippen molar-refractivity contribution in [3.8, 4) is 11.4 Å². The minimum absolute atomic E-state index is 0.0175. The number of aromatic nitrogens is 2. The van der Waals surface area contributed by atoms with Crippen molar-refractivity contribution in [1.29, 1.82) is 0 Å². The molecule has 1 aromatic heterocycles. The van der Waals surface area contributed by atoms with Gasteiger partial charge in [-0.25, -0.2) is 4.68 Å². The van der Waals surface area contributed by atoms with Crippen LogP contribution in [0.1, 0.15) is 35.9 Å². The average Bonchev–Trinajstić information content (AvgIpc) is 3.39. The van der Waals surface area contributed by atoms with Crippen molar-refractivity contribution >= 4 is 28.6 Å². The smallest absolute Gasteiger partial charge is 0.321 e. The Kier molecular flexibility index (Phi) is 7.69. The van der Waals surface area contributed by atoms with Gasteiger partial charge in [0.15, 0.2) is 0 Å². The molecule has 3 aromatic carbocycles. The number of piperazine rings is 1. The van der Waals surface area contributed by atoms with E-state index >= 15 is 0 Å². The topological polar surface area (TPSA) is 106 Å². The molecule has 4 aromatic rings. The fourth-order valence-electron chi connectivity index (χ4n) is 4.71. The Hall–Kier alpha value is -4.80. The molecular weight excluding hydrogens is 532 g/mol. The third-order valence-corrected chi connectivity index (χ3v) is 6.81. The zero-order valence-corrected chi connectivity index (χ0v) is 22.5. The van der Waals surface area contributed by atoms with E-state index in [0.29, 0.717) is 42.6 Å². The number of hydrogen-bond acceptors (Lipinski definition) is 5. The quantitative estimate of drug-likeness (QED) is 0.340. The standard InChI is InChI=1S/C30H29F2N5O4/c1-19(35-29(40)30(2,31)32)27(20-7-4-3-5-8-20)41-24-11-12-25-22(16-24)17-34-37(25)23-10-6-9-21(15-23)28(39)36-14-13-33-26(38)18-36/h3-12,15-17,19,27H,13-14,18H2,1-2H3,(H,33,38)(H,35,40)/t19-,27?/m0/s1. The van der Waals surface area contributed by atoms with E-state index < -0.39 is 24.0 Å². The van der Waals surface area contributed by atoms with Crippen LogP contribution >= 0.6 is 0 Å². The van der Waals surface area contributed by atoms with Gasteiger partial charge in [-0.15, -0.1) is 0 Å². The molecule has 0 radical (unpaired) electrons. The van der Waals surface area contributed by atoms with E-state index in [-0.39, 0.29) is 18.4 Å². The van der Waals surface area contributed by atoms with Crippen LogP contribution in [-0.2, 0) is 9.59 Å². The van der Waals surface area contributed by atoms with Gasteiger partial charge in [0.2, 0.25) is 5.91 Å². The number of carbonyl (C=O) groups excluding carboxylic acids is 3. The van der Waals surface area contributed by atoms with Crippen molar-refractivity contribution in [2.24, 2.45) is 0 Å². The summed E-state index contributed by atoms with van der Waals surface area (Å²) in [6.45, 7) is 3.04. The number of carbonyl (C=O) groups is 3. The fourth-order valence-corrected chi connectivity index (χ4v) is 4.71. The highest BCUT2D eigenvalue weighted by Gasteiger charge is 2.35. The highest BCUT2D eigenvalue weighted by atomic mass is 19.3. The third-order valence-electron chi connectivity index (χ3n) is 6.81. The number of fused-ring (bicyclic) bond motifs is 1. The largest absolute Gasteiger partial charge is 0.484 e. The molecule has 1 fully saturated rings. The van der Waals surface area contributed by atoms with Crippen LogP contribution in [0.25, 0.3) is 16.6 Å². The lowest BCUT2D eigenvalue weighted by Gasteiger charge is -2.27. The van der Waals surface area contributed by atoms with E-state index in [1.807, 2.05) is 18.2 Å². The van der Waals surface area contributed by atoms with Crippen molar-refractivity contribution < 1.29 is 27.9 Å². The van der Waals surface area contributed by atoms with E-state index in [9.17, 15) is 23.2 Å². The molecule has 2 N–H and O–H groups in total. The first-order chi connectivity index (χ1) is 19.6. The average molecular weight is 562 g/mol. The monoisotopic (exact) mass is 561 g/mol. The molecule has 1 saturated heterocycles. The van der Waals surface area contributed by atoms with E-state index in [4.69, 9.17) is 4.74 Å². The molecule has 1 aliphatic heterocycles. The zero-order valence-electron chi connectivity index (χ0n) is 22.5. The molecule has 1 aliphatic rings. The number of benzene rings is 3. The van der Waals surface area contributed by atoms with Crippen LogP contribution in [0.15, 0.2) is 79.0 Å². The normalized spacial score (nSPS) is 15.2. The highest BCUT2D eigenvalue weighted by molar-refractivity contribution is 5.97. The summed E-state index contributed by atoms with van der Waals surface area (Å²) in [7, 11) is 0. The van der Waals surface area contributed by atoms with Gasteiger partial charge in [0.1, 0.15) is 11.9 Å². The van der Waals surface area contributed by atoms with Crippen molar-refractivity contribution in [1.82, 2.24) is 25.3 Å². The second-order valence-corrected chi connectivity index (χ2v) is 10.0. The Balaban J connectivity index is 1.39. The number of nitrogens with zero attached hydrogens (tertiary/aromatic N) is 3. The van der Waals surface area contributed by atoms with Gasteiger partial charge >= 0.3 is 5.92 Å². The van der Waals surface area contributed by atoms with Crippen LogP contribution in [0.2, 0.25) is 0 Å². The molecule has 11 heteroatoms. The fraction of sp³-hybridized carbons (Fsp3) is 0.267. The summed E-state index contributed by atoms with van der Waals surface area (Å²) >= 11 is 0. The molecule has 3 amide bonds. The molecule has 0 aliphatic carbocycles. The molecule has 5 rings (SSSR count). The molecule has 0 spiro atoms. The first-order valence-electron chi connectivity index (χ1n) is 13.1. The van der Waals surface area contributed by atoms with Gasteiger partial charge in [0.05, 0.1) is 30.0 Å². The first kappa shape index (κ1) is 27.8. The number of rotatable bonds is 8. The Morgan fingerprint density at radius 2 is 1.85 bits per heavy atom. The summed E-state index contributed by atoms with van der Waals surface area (Å²) in [5, 5.41) is 10.3. The Morgan fingerprint density at radius 1 is 1.07 bits per heavy atom. The van der Waals surface area contributed by atoms with Crippen molar-refractivity contribution in [2.75, 3.05) is 19.6 Å². The SMILES string of the molecule is C[C@H](NC(=O)C(C)(F)F)C(Oc1ccc2c(cnn2-c2cccc(C(=O)N3CCNC(=O)C3)c2)c1)c1ccccc1. The summed E-state index contributed by atoms with van der Waals surface area (Å²) in [6.07, 6.45) is 0.918. The molecule has 41 heavy (non-hydrogen) atoms. The molecule has 2 atom stereocenters. The van der Waals surface area contributed by atoms with Crippen LogP contribution in [-0.4, -0.2) is 64.0 Å². The van der Waals surface area contributed by atoms with E-state index in [2.05, 4.69) is 15.7 Å². The van der Waals surface area contributed by atoms with Gasteiger partial charge in [0.25, 0.3) is 11.8 Å². The van der Waals surface area contributed by atoms with E-state index in [0.717, 1.165) is 10.9 Å². The number of amides is 3. The van der Waals surface area contributed by atoms with Crippen LogP contribution in [0.3, 0.4) is 0 Å². The van der Waals surface area contributed by atoms with Crippen molar-refractivity contribution in [3.05, 3.63) is 90.1 Å². The third kappa shape index (κ3) is 6.19. The predicted molar refractivity (Wildman–Crippen MR) is 148 cm³/mol. The summed E-state index contributed by atoms with van der Waals surface area (Å²) in [4.78, 5) is 38.2. The minimum atomic E-state index is -3.52. The lowest BCUT2D eigenvalue weighted by molar-refractivity contribution is -0.144.